The van der Waals surface area contributed by atoms with E-state index in [-0.39, 0.29) is 55.6 Å². The molecule has 1 saturated heterocycles. The molecule has 3 aromatic carbocycles. The summed E-state index contributed by atoms with van der Waals surface area (Å²) in [6.45, 7) is 20.0. The van der Waals surface area contributed by atoms with Crippen LogP contribution in [-0.2, 0) is 35.4 Å². The Hall–Kier alpha value is -5.67. The zero-order valence-electron chi connectivity index (χ0n) is 36.7. The number of aromatic nitrogens is 4. The number of fused-ring (bicyclic) bond motifs is 1. The maximum absolute atomic E-state index is 13.9. The third-order valence-corrected chi connectivity index (χ3v) is 12.6. The van der Waals surface area contributed by atoms with E-state index in [1.54, 1.807) is 24.9 Å². The van der Waals surface area contributed by atoms with E-state index >= 15 is 0 Å². The lowest BCUT2D eigenvalue weighted by molar-refractivity contribution is -0.0911. The highest BCUT2D eigenvalue weighted by molar-refractivity contribution is 7.44. The van der Waals surface area contributed by atoms with Crippen molar-refractivity contribution < 1.29 is 37.5 Å². The fourth-order valence-corrected chi connectivity index (χ4v) is 9.38. The summed E-state index contributed by atoms with van der Waals surface area (Å²) in [6.07, 6.45) is 3.62. The van der Waals surface area contributed by atoms with E-state index in [4.69, 9.17) is 37.7 Å². The lowest BCUT2D eigenvalue weighted by atomic mass is 9.80. The maximum Gasteiger partial charge on any atom is 0.414 e. The van der Waals surface area contributed by atoms with Crippen LogP contribution in [0.5, 0.6) is 11.5 Å². The van der Waals surface area contributed by atoms with Gasteiger partial charge >= 0.3 is 6.09 Å². The highest BCUT2D eigenvalue weighted by Crippen LogP contribution is 2.51. The van der Waals surface area contributed by atoms with Gasteiger partial charge in [0.15, 0.2) is 11.2 Å². The third-order valence-electron chi connectivity index (χ3n) is 10.4. The fourth-order valence-electron chi connectivity index (χ4n) is 7.64. The molecule has 5 aromatic rings. The maximum atomic E-state index is 13.9. The van der Waals surface area contributed by atoms with E-state index in [0.29, 0.717) is 17.9 Å². The molecule has 0 aliphatic carbocycles. The van der Waals surface area contributed by atoms with Crippen LogP contribution in [0.25, 0.3) is 11.2 Å². The summed E-state index contributed by atoms with van der Waals surface area (Å²) in [6, 6.07) is 25.8. The minimum absolute atomic E-state index is 0.0367. The minimum Gasteiger partial charge on any atom is -0.497 e. The van der Waals surface area contributed by atoms with Gasteiger partial charge in [0.05, 0.1) is 39.9 Å². The second-order valence-electron chi connectivity index (χ2n) is 15.2. The summed E-state index contributed by atoms with van der Waals surface area (Å²) >= 11 is 0. The van der Waals surface area contributed by atoms with Gasteiger partial charge in [-0.3, -0.25) is 19.2 Å². The standard InChI is InChI=1S/C47H57N6O9P/c1-10-26-51-44(54)42-43(49-45(51)50-46(55)58-27-11-2)52(31-48-42)41-29-39(62-63(60-28-12-3)53(32(4)5)33(6)7)40(61-41)30-59-47(34-16-14-13-15-17-34,35-18-22-37(56-8)23-19-35)36-20-24-38(57-9)25-21-36/h10-25,31-33,39-41H,1-3,26-30H2,4-9H3,(H,49,50,55)/t39-,40+,41+,63?/m0/s1. The van der Waals surface area contributed by atoms with Crippen LogP contribution in [0.4, 0.5) is 10.7 Å². The van der Waals surface area contributed by atoms with E-state index in [0.717, 1.165) is 16.7 Å². The predicted octanol–water partition coefficient (Wildman–Crippen LogP) is 8.76. The first-order valence-electron chi connectivity index (χ1n) is 20.7. The summed E-state index contributed by atoms with van der Waals surface area (Å²) < 4.78 is 49.2. The molecule has 4 atom stereocenters. The number of nitrogens with zero attached hydrogens (tertiary/aromatic N) is 5. The number of imidazole rings is 1. The number of anilines is 1. The fraction of sp³-hybridized carbons (Fsp3) is 0.362. The molecule has 1 N–H and O–H groups in total. The SMILES string of the molecule is C=CCOC(=O)Nc1nc2c(ncn2[C@H]2C[C@H](OP(OCC=C)N(C(C)C)C(C)C)[C@@H](COC(c3ccccc3)(c3ccc(OC)cc3)c3ccc(OC)cc3)O2)c(=O)n1CC=C. The molecule has 334 valence electrons. The van der Waals surface area contributed by atoms with Crippen molar-refractivity contribution in [1.82, 2.24) is 23.8 Å². The first-order chi connectivity index (χ1) is 30.5. The molecule has 3 heterocycles. The summed E-state index contributed by atoms with van der Waals surface area (Å²) in [4.78, 5) is 35.8. The van der Waals surface area contributed by atoms with Crippen LogP contribution in [0.1, 0.15) is 57.0 Å². The molecule has 15 nitrogen and oxygen atoms in total. The van der Waals surface area contributed by atoms with Crippen molar-refractivity contribution in [3.63, 3.8) is 0 Å². The Bertz CT molecular complexity index is 2310. The molecule has 16 heteroatoms. The molecule has 0 saturated carbocycles. The summed E-state index contributed by atoms with van der Waals surface area (Å²) in [5, 5.41) is 2.59. The van der Waals surface area contributed by atoms with Crippen LogP contribution in [0.15, 0.2) is 128 Å². The van der Waals surface area contributed by atoms with Gasteiger partial charge < -0.3 is 32.7 Å². The molecule has 1 unspecified atom stereocenters. The molecule has 1 aliphatic heterocycles. The molecule has 0 radical (unpaired) electrons. The zero-order chi connectivity index (χ0) is 45.1. The highest BCUT2D eigenvalue weighted by atomic mass is 31.2. The van der Waals surface area contributed by atoms with Crippen molar-refractivity contribution in [3.8, 4) is 11.5 Å². The second-order valence-corrected chi connectivity index (χ2v) is 16.6. The van der Waals surface area contributed by atoms with Gasteiger partial charge in [0.25, 0.3) is 14.1 Å². The molecule has 63 heavy (non-hydrogen) atoms. The Morgan fingerprint density at radius 3 is 2.06 bits per heavy atom. The van der Waals surface area contributed by atoms with E-state index in [1.165, 1.54) is 23.0 Å². The lowest BCUT2D eigenvalue weighted by Gasteiger charge is -2.39. The van der Waals surface area contributed by atoms with Crippen LogP contribution >= 0.6 is 8.53 Å². The molecule has 0 spiro atoms. The van der Waals surface area contributed by atoms with Gasteiger partial charge in [-0.2, -0.15) is 4.98 Å². The largest absolute Gasteiger partial charge is 0.497 e. The highest BCUT2D eigenvalue weighted by Gasteiger charge is 2.45. The molecule has 6 rings (SSSR count). The number of rotatable bonds is 22. The molecule has 0 bridgehead atoms. The Kier molecular flexibility index (Phi) is 16.1. The first kappa shape index (κ1) is 46.8. The van der Waals surface area contributed by atoms with Crippen molar-refractivity contribution in [2.75, 3.05) is 39.4 Å². The number of hydrogen-bond donors (Lipinski definition) is 1. The summed E-state index contributed by atoms with van der Waals surface area (Å²) in [5.41, 5.74) is 1.20. The Labute approximate surface area is 369 Å². The van der Waals surface area contributed by atoms with Gasteiger partial charge in [-0.15, -0.1) is 13.2 Å². The number of methoxy groups -OCH3 is 2. The number of ether oxygens (including phenoxy) is 5. The van der Waals surface area contributed by atoms with E-state index < -0.39 is 44.2 Å². The van der Waals surface area contributed by atoms with E-state index in [1.807, 2.05) is 78.9 Å². The molecular formula is C47H57N6O9P. The van der Waals surface area contributed by atoms with Gasteiger partial charge in [0.2, 0.25) is 5.95 Å². The van der Waals surface area contributed by atoms with Crippen molar-refractivity contribution in [1.29, 1.82) is 0 Å². The van der Waals surface area contributed by atoms with Gasteiger partial charge in [-0.05, 0) is 68.7 Å². The summed E-state index contributed by atoms with van der Waals surface area (Å²) in [7, 11) is 1.62. The van der Waals surface area contributed by atoms with Crippen LogP contribution < -0.4 is 20.3 Å². The number of allylic oxidation sites excluding steroid dienone is 1. The predicted molar refractivity (Wildman–Crippen MR) is 244 cm³/mol. The number of carbonyl (C=O) groups excluding carboxylic acids is 1. The molecule has 1 fully saturated rings. The van der Waals surface area contributed by atoms with Crippen LogP contribution in [0.3, 0.4) is 0 Å². The topological polar surface area (TPSA) is 150 Å². The number of hydrogen-bond acceptors (Lipinski definition) is 12. The first-order valence-corrected chi connectivity index (χ1v) is 21.9. The number of amides is 1. The van der Waals surface area contributed by atoms with Crippen LogP contribution in [0.2, 0.25) is 0 Å². The molecule has 1 amide bonds. The monoisotopic (exact) mass is 880 g/mol. The van der Waals surface area contributed by atoms with Crippen molar-refractivity contribution >= 4 is 31.7 Å². The second kappa shape index (κ2) is 21.6. The Morgan fingerprint density at radius 2 is 1.51 bits per heavy atom. The van der Waals surface area contributed by atoms with Crippen molar-refractivity contribution in [3.05, 3.63) is 150 Å². The quantitative estimate of drug-likeness (QED) is 0.0402. The average Bonchev–Trinajstić information content (AvgIpc) is 3.90. The van der Waals surface area contributed by atoms with Gasteiger partial charge in [-0.1, -0.05) is 79.4 Å². The summed E-state index contributed by atoms with van der Waals surface area (Å²) in [5.74, 6) is 1.34. The van der Waals surface area contributed by atoms with Crippen LogP contribution in [0, 0.1) is 0 Å². The Balaban J connectivity index is 1.46. The average molecular weight is 881 g/mol. The zero-order valence-corrected chi connectivity index (χ0v) is 37.6. The van der Waals surface area contributed by atoms with Crippen LogP contribution in [-0.4, -0.2) is 88.2 Å². The smallest absolute Gasteiger partial charge is 0.414 e. The molecule has 1 aliphatic rings. The van der Waals surface area contributed by atoms with Gasteiger partial charge in [-0.25, -0.2) is 14.4 Å². The Morgan fingerprint density at radius 1 is 0.905 bits per heavy atom. The lowest BCUT2D eigenvalue weighted by Crippen LogP contribution is -2.39. The van der Waals surface area contributed by atoms with Gasteiger partial charge in [0.1, 0.15) is 36.0 Å². The number of benzene rings is 3. The van der Waals surface area contributed by atoms with Crippen molar-refractivity contribution in [2.24, 2.45) is 0 Å². The third kappa shape index (κ3) is 10.4. The normalized spacial score (nSPS) is 16.9. The molecular weight excluding hydrogens is 824 g/mol. The van der Waals surface area contributed by atoms with Crippen molar-refractivity contribution in [2.45, 2.75) is 76.8 Å². The van der Waals surface area contributed by atoms with E-state index in [9.17, 15) is 9.59 Å². The van der Waals surface area contributed by atoms with E-state index in [2.05, 4.69) is 62.4 Å². The van der Waals surface area contributed by atoms with Gasteiger partial charge in [0, 0.05) is 25.0 Å². The molecule has 2 aromatic heterocycles. The minimum atomic E-state index is -1.65. The number of nitrogens with one attached hydrogen (secondary N) is 1. The number of carbonyl (C=O) groups is 1.